The molecule has 1 N–H and O–H groups in total. The van der Waals surface area contributed by atoms with Gasteiger partial charge in [0.15, 0.2) is 0 Å². The Morgan fingerprint density at radius 2 is 2.00 bits per heavy atom. The van der Waals surface area contributed by atoms with E-state index in [0.29, 0.717) is 13.2 Å². The van der Waals surface area contributed by atoms with Gasteiger partial charge in [-0.2, -0.15) is 0 Å². The molecule has 0 aliphatic heterocycles. The molecule has 1 heterocycles. The van der Waals surface area contributed by atoms with Gasteiger partial charge in [-0.1, -0.05) is 12.1 Å². The van der Waals surface area contributed by atoms with Crippen LogP contribution in [-0.4, -0.2) is 16.7 Å². The molecule has 0 fully saturated rings. The number of fused-ring (bicyclic) bond motifs is 1. The molecule has 0 saturated carbocycles. The lowest BCUT2D eigenvalue weighted by atomic mass is 9.89. The van der Waals surface area contributed by atoms with Crippen LogP contribution in [0.5, 0.6) is 11.5 Å². The van der Waals surface area contributed by atoms with Gasteiger partial charge in [0.05, 0.1) is 18.4 Å². The summed E-state index contributed by atoms with van der Waals surface area (Å²) in [5.74, 6) is 1.74. The molecule has 2 aromatic carbocycles. The van der Waals surface area contributed by atoms with E-state index in [1.165, 1.54) is 0 Å². The lowest BCUT2D eigenvalue weighted by molar-refractivity contribution is 0.155. The van der Waals surface area contributed by atoms with Crippen LogP contribution in [0.2, 0.25) is 0 Å². The van der Waals surface area contributed by atoms with Crippen LogP contribution >= 0.6 is 11.3 Å². The number of benzene rings is 2. The van der Waals surface area contributed by atoms with Crippen molar-refractivity contribution in [1.82, 2.24) is 4.98 Å². The van der Waals surface area contributed by atoms with Gasteiger partial charge >= 0.3 is 0 Å². The summed E-state index contributed by atoms with van der Waals surface area (Å²) in [6.45, 7) is 3.07. The third-order valence-electron chi connectivity index (χ3n) is 4.77. The molecule has 0 spiro atoms. The molecule has 0 saturated heterocycles. The first kappa shape index (κ1) is 18.0. The first-order chi connectivity index (χ1) is 13.2. The third-order valence-corrected chi connectivity index (χ3v) is 5.71. The molecule has 5 heteroatoms. The first-order valence-corrected chi connectivity index (χ1v) is 10.2. The van der Waals surface area contributed by atoms with Gasteiger partial charge in [0.2, 0.25) is 0 Å². The lowest BCUT2D eigenvalue weighted by Gasteiger charge is -2.23. The molecule has 0 bridgehead atoms. The zero-order chi connectivity index (χ0) is 18.6. The molecule has 140 valence electrons. The SMILES string of the molecule is CCOc1ccc(-c2nc(COc3cccc4c3CCCC4O)cs2)cc1. The van der Waals surface area contributed by atoms with Crippen molar-refractivity contribution in [3.8, 4) is 22.1 Å². The predicted octanol–water partition coefficient (Wildman–Crippen LogP) is 5.16. The molecule has 0 radical (unpaired) electrons. The molecule has 1 atom stereocenters. The van der Waals surface area contributed by atoms with E-state index in [2.05, 4.69) is 0 Å². The van der Waals surface area contributed by atoms with Crippen LogP contribution in [0, 0.1) is 0 Å². The fourth-order valence-electron chi connectivity index (χ4n) is 3.44. The number of aromatic nitrogens is 1. The Kier molecular flexibility index (Phi) is 5.41. The maximum Gasteiger partial charge on any atom is 0.131 e. The summed E-state index contributed by atoms with van der Waals surface area (Å²) in [7, 11) is 0. The van der Waals surface area contributed by atoms with Crippen molar-refractivity contribution in [3.05, 3.63) is 64.7 Å². The van der Waals surface area contributed by atoms with Gasteiger partial charge in [0, 0.05) is 10.9 Å². The number of hydrogen-bond donors (Lipinski definition) is 1. The van der Waals surface area contributed by atoms with Gasteiger partial charge in [-0.3, -0.25) is 0 Å². The molecule has 27 heavy (non-hydrogen) atoms. The first-order valence-electron chi connectivity index (χ1n) is 9.35. The summed E-state index contributed by atoms with van der Waals surface area (Å²) in [5.41, 5.74) is 4.14. The van der Waals surface area contributed by atoms with Crippen LogP contribution in [0.15, 0.2) is 47.8 Å². The number of rotatable bonds is 6. The number of aliphatic hydroxyl groups is 1. The standard InChI is InChI=1S/C22H23NO3S/c1-2-25-17-11-9-15(10-12-17)22-23-16(14-27-22)13-26-21-8-4-5-18-19(21)6-3-7-20(18)24/h4-5,8-12,14,20,24H,2-3,6-7,13H2,1H3. The van der Waals surface area contributed by atoms with Crippen molar-refractivity contribution in [1.29, 1.82) is 0 Å². The predicted molar refractivity (Wildman–Crippen MR) is 107 cm³/mol. The highest BCUT2D eigenvalue weighted by atomic mass is 32.1. The van der Waals surface area contributed by atoms with Crippen molar-refractivity contribution in [2.45, 2.75) is 38.9 Å². The Morgan fingerprint density at radius 3 is 2.81 bits per heavy atom. The van der Waals surface area contributed by atoms with Gasteiger partial charge < -0.3 is 14.6 Å². The van der Waals surface area contributed by atoms with E-state index in [1.54, 1.807) is 11.3 Å². The zero-order valence-electron chi connectivity index (χ0n) is 15.4. The fourth-order valence-corrected chi connectivity index (χ4v) is 4.25. The second-order valence-corrected chi connectivity index (χ2v) is 7.48. The molecular weight excluding hydrogens is 358 g/mol. The molecule has 3 aromatic rings. The minimum absolute atomic E-state index is 0.372. The highest BCUT2D eigenvalue weighted by molar-refractivity contribution is 7.13. The third kappa shape index (κ3) is 3.99. The summed E-state index contributed by atoms with van der Waals surface area (Å²) in [6, 6.07) is 13.9. The maximum atomic E-state index is 10.2. The van der Waals surface area contributed by atoms with Crippen LogP contribution in [-0.2, 0) is 13.0 Å². The second-order valence-electron chi connectivity index (χ2n) is 6.62. The molecule has 0 amide bonds. The van der Waals surface area contributed by atoms with Gasteiger partial charge in [0.25, 0.3) is 0 Å². The number of ether oxygens (including phenoxy) is 2. The van der Waals surface area contributed by atoms with Crippen molar-refractivity contribution in [3.63, 3.8) is 0 Å². The Bertz CT molecular complexity index is 904. The summed E-state index contributed by atoms with van der Waals surface area (Å²) in [6.07, 6.45) is 2.40. The lowest BCUT2D eigenvalue weighted by Crippen LogP contribution is -2.11. The van der Waals surface area contributed by atoms with E-state index < -0.39 is 0 Å². The monoisotopic (exact) mass is 381 g/mol. The molecular formula is C22H23NO3S. The maximum absolute atomic E-state index is 10.2. The highest BCUT2D eigenvalue weighted by Crippen LogP contribution is 2.35. The van der Waals surface area contributed by atoms with E-state index in [9.17, 15) is 5.11 Å². The molecule has 1 aliphatic rings. The number of thiazole rings is 1. The molecule has 1 unspecified atom stereocenters. The smallest absolute Gasteiger partial charge is 0.131 e. The Balaban J connectivity index is 1.45. The number of hydrogen-bond acceptors (Lipinski definition) is 5. The van der Waals surface area contributed by atoms with Crippen LogP contribution in [0.3, 0.4) is 0 Å². The van der Waals surface area contributed by atoms with Crippen molar-refractivity contribution in [2.24, 2.45) is 0 Å². The van der Waals surface area contributed by atoms with Gasteiger partial charge in [-0.25, -0.2) is 4.98 Å². The van der Waals surface area contributed by atoms with Crippen LogP contribution < -0.4 is 9.47 Å². The largest absolute Gasteiger partial charge is 0.494 e. The molecule has 4 rings (SSSR count). The quantitative estimate of drug-likeness (QED) is 0.641. The summed E-state index contributed by atoms with van der Waals surface area (Å²) >= 11 is 1.61. The summed E-state index contributed by atoms with van der Waals surface area (Å²) in [5, 5.41) is 13.2. The second kappa shape index (κ2) is 8.11. The van der Waals surface area contributed by atoms with E-state index in [4.69, 9.17) is 14.5 Å². The highest BCUT2D eigenvalue weighted by Gasteiger charge is 2.21. The van der Waals surface area contributed by atoms with E-state index in [-0.39, 0.29) is 6.10 Å². The van der Waals surface area contributed by atoms with Crippen LogP contribution in [0.25, 0.3) is 10.6 Å². The summed E-state index contributed by atoms with van der Waals surface area (Å²) in [4.78, 5) is 4.70. The van der Waals surface area contributed by atoms with Crippen LogP contribution in [0.1, 0.15) is 42.7 Å². The minimum atomic E-state index is -0.372. The van der Waals surface area contributed by atoms with Gasteiger partial charge in [-0.05, 0) is 67.6 Å². The topological polar surface area (TPSA) is 51.6 Å². The van der Waals surface area contributed by atoms with E-state index in [0.717, 1.165) is 58.2 Å². The van der Waals surface area contributed by atoms with Crippen LogP contribution in [0.4, 0.5) is 0 Å². The fraction of sp³-hybridized carbons (Fsp3) is 0.318. The van der Waals surface area contributed by atoms with Crippen molar-refractivity contribution >= 4 is 11.3 Å². The van der Waals surface area contributed by atoms with Gasteiger partial charge in [0.1, 0.15) is 23.1 Å². The Hall–Kier alpha value is -2.37. The molecule has 4 nitrogen and oxygen atoms in total. The molecule has 1 aromatic heterocycles. The number of aliphatic hydroxyl groups excluding tert-OH is 1. The van der Waals surface area contributed by atoms with Crippen molar-refractivity contribution in [2.75, 3.05) is 6.61 Å². The van der Waals surface area contributed by atoms with E-state index >= 15 is 0 Å². The number of nitrogens with zero attached hydrogens (tertiary/aromatic N) is 1. The normalized spacial score (nSPS) is 16.0. The van der Waals surface area contributed by atoms with Crippen molar-refractivity contribution < 1.29 is 14.6 Å². The zero-order valence-corrected chi connectivity index (χ0v) is 16.2. The van der Waals surface area contributed by atoms with E-state index in [1.807, 2.05) is 54.8 Å². The Labute approximate surface area is 163 Å². The molecule has 1 aliphatic carbocycles. The summed E-state index contributed by atoms with van der Waals surface area (Å²) < 4.78 is 11.5. The average molecular weight is 381 g/mol. The Morgan fingerprint density at radius 1 is 1.15 bits per heavy atom. The minimum Gasteiger partial charge on any atom is -0.494 e. The van der Waals surface area contributed by atoms with Gasteiger partial charge in [-0.15, -0.1) is 11.3 Å². The average Bonchev–Trinajstić information content (AvgIpc) is 3.17.